The van der Waals surface area contributed by atoms with E-state index < -0.39 is 0 Å². The van der Waals surface area contributed by atoms with E-state index in [0.29, 0.717) is 18.3 Å². The maximum Gasteiger partial charge on any atom is 0.239 e. The van der Waals surface area contributed by atoms with Crippen molar-refractivity contribution in [1.29, 1.82) is 0 Å². The van der Waals surface area contributed by atoms with Gasteiger partial charge in [-0.3, -0.25) is 9.79 Å². The Morgan fingerprint density at radius 1 is 1.23 bits per heavy atom. The number of nitrogens with zero attached hydrogens (tertiary/aromatic N) is 2. The van der Waals surface area contributed by atoms with Crippen LogP contribution >= 0.6 is 24.0 Å². The molecule has 2 heterocycles. The van der Waals surface area contributed by atoms with E-state index >= 15 is 0 Å². The van der Waals surface area contributed by atoms with Gasteiger partial charge in [-0.05, 0) is 18.6 Å². The zero-order valence-electron chi connectivity index (χ0n) is 18.0. The molecule has 1 fully saturated rings. The van der Waals surface area contributed by atoms with Gasteiger partial charge in [0.05, 0.1) is 33.6 Å². The van der Waals surface area contributed by atoms with Crippen LogP contribution in [0.3, 0.4) is 0 Å². The summed E-state index contributed by atoms with van der Waals surface area (Å²) in [6.45, 7) is 2.20. The first-order valence-electron chi connectivity index (χ1n) is 9.85. The van der Waals surface area contributed by atoms with Gasteiger partial charge in [-0.2, -0.15) is 0 Å². The molecular weight excluding hydrogens is 513 g/mol. The Morgan fingerprint density at radius 2 is 1.97 bits per heavy atom. The summed E-state index contributed by atoms with van der Waals surface area (Å²) < 4.78 is 15.9. The molecule has 3 rings (SSSR count). The lowest BCUT2D eigenvalue weighted by Crippen LogP contribution is -2.47. The average Bonchev–Trinajstić information content (AvgIpc) is 3.46. The molecule has 3 N–H and O–H groups in total. The van der Waals surface area contributed by atoms with Gasteiger partial charge in [0.15, 0.2) is 5.96 Å². The van der Waals surface area contributed by atoms with Crippen LogP contribution < -0.4 is 30.3 Å². The minimum Gasteiger partial charge on any atom is -0.497 e. The molecule has 1 aromatic heterocycles. The minimum absolute atomic E-state index is 0. The second-order valence-electron chi connectivity index (χ2n) is 6.93. The van der Waals surface area contributed by atoms with Crippen molar-refractivity contribution in [3.05, 3.63) is 42.4 Å². The van der Waals surface area contributed by atoms with E-state index in [1.54, 1.807) is 33.6 Å². The molecule has 1 amide bonds. The molecule has 0 spiro atoms. The Morgan fingerprint density at radius 3 is 2.58 bits per heavy atom. The number of ether oxygens (including phenoxy) is 2. The Bertz CT molecular complexity index is 837. The van der Waals surface area contributed by atoms with Crippen LogP contribution in [0.1, 0.15) is 12.2 Å². The summed E-state index contributed by atoms with van der Waals surface area (Å²) in [7, 11) is 4.98. The van der Waals surface area contributed by atoms with E-state index in [1.807, 2.05) is 24.3 Å². The van der Waals surface area contributed by atoms with Gasteiger partial charge in [-0.1, -0.05) is 0 Å². The Labute approximate surface area is 199 Å². The summed E-state index contributed by atoms with van der Waals surface area (Å²) in [6.07, 6.45) is 2.53. The smallest absolute Gasteiger partial charge is 0.239 e. The number of guanidine groups is 1. The summed E-state index contributed by atoms with van der Waals surface area (Å²) in [5, 5.41) is 9.24. The molecule has 10 heteroatoms. The largest absolute Gasteiger partial charge is 0.497 e. The van der Waals surface area contributed by atoms with Crippen LogP contribution in [0.2, 0.25) is 0 Å². The van der Waals surface area contributed by atoms with Crippen LogP contribution in [0, 0.1) is 0 Å². The van der Waals surface area contributed by atoms with E-state index in [2.05, 4.69) is 25.8 Å². The number of hydrogen-bond acceptors (Lipinski definition) is 6. The van der Waals surface area contributed by atoms with Crippen molar-refractivity contribution in [3.63, 3.8) is 0 Å². The predicted molar refractivity (Wildman–Crippen MR) is 131 cm³/mol. The monoisotopic (exact) mass is 543 g/mol. The highest BCUT2D eigenvalue weighted by Gasteiger charge is 2.24. The number of methoxy groups -OCH3 is 2. The van der Waals surface area contributed by atoms with E-state index in [0.717, 1.165) is 36.7 Å². The molecule has 2 aromatic rings. The van der Waals surface area contributed by atoms with Gasteiger partial charge in [0.25, 0.3) is 0 Å². The Kier molecular flexibility index (Phi) is 9.76. The molecule has 31 heavy (non-hydrogen) atoms. The molecule has 1 unspecified atom stereocenters. The number of carbonyl (C=O) groups is 1. The Balaban J connectivity index is 0.00000341. The quantitative estimate of drug-likeness (QED) is 0.266. The molecule has 1 atom stereocenters. The molecule has 0 bridgehead atoms. The molecule has 1 aromatic carbocycles. The third-order valence-corrected chi connectivity index (χ3v) is 4.91. The lowest BCUT2D eigenvalue weighted by atomic mass is 10.2. The number of anilines is 1. The van der Waals surface area contributed by atoms with Gasteiger partial charge < -0.3 is 34.7 Å². The first-order chi connectivity index (χ1) is 14.6. The third kappa shape index (κ3) is 7.23. The number of rotatable bonds is 8. The fourth-order valence-corrected chi connectivity index (χ4v) is 3.30. The number of benzene rings is 1. The second-order valence-corrected chi connectivity index (χ2v) is 6.93. The lowest BCUT2D eigenvalue weighted by molar-refractivity contribution is -0.120. The number of nitrogens with one attached hydrogen (secondary N) is 3. The third-order valence-electron chi connectivity index (χ3n) is 4.91. The molecule has 0 radical (unpaired) electrons. The van der Waals surface area contributed by atoms with Crippen molar-refractivity contribution in [2.24, 2.45) is 4.99 Å². The summed E-state index contributed by atoms with van der Waals surface area (Å²) in [5.74, 6) is 2.70. The van der Waals surface area contributed by atoms with Crippen LogP contribution in [0.15, 0.2) is 46.0 Å². The van der Waals surface area contributed by atoms with E-state index in [9.17, 15) is 4.79 Å². The fraction of sp³-hybridized carbons (Fsp3) is 0.429. The highest BCUT2D eigenvalue weighted by Crippen LogP contribution is 2.30. The molecule has 9 nitrogen and oxygen atoms in total. The van der Waals surface area contributed by atoms with Crippen molar-refractivity contribution >= 4 is 41.5 Å². The first kappa shape index (κ1) is 24.6. The summed E-state index contributed by atoms with van der Waals surface area (Å²) in [4.78, 5) is 18.5. The number of halogens is 1. The van der Waals surface area contributed by atoms with Crippen molar-refractivity contribution in [3.8, 4) is 11.5 Å². The van der Waals surface area contributed by atoms with Crippen LogP contribution in [0.5, 0.6) is 11.5 Å². The van der Waals surface area contributed by atoms with Crippen molar-refractivity contribution in [1.82, 2.24) is 16.0 Å². The normalized spacial score (nSPS) is 15.8. The van der Waals surface area contributed by atoms with Gasteiger partial charge in [0.1, 0.15) is 17.3 Å². The predicted octanol–water partition coefficient (Wildman–Crippen LogP) is 1.97. The van der Waals surface area contributed by atoms with Crippen LogP contribution in [-0.4, -0.2) is 58.8 Å². The van der Waals surface area contributed by atoms with Gasteiger partial charge >= 0.3 is 0 Å². The molecule has 1 aliphatic heterocycles. The maximum atomic E-state index is 12.0. The fourth-order valence-electron chi connectivity index (χ4n) is 3.30. The molecular formula is C21H30IN5O4. The summed E-state index contributed by atoms with van der Waals surface area (Å²) >= 11 is 0. The first-order valence-corrected chi connectivity index (χ1v) is 9.85. The number of amides is 1. The van der Waals surface area contributed by atoms with Crippen LogP contribution in [0.25, 0.3) is 0 Å². The van der Waals surface area contributed by atoms with Gasteiger partial charge in [0.2, 0.25) is 5.91 Å². The SMILES string of the molecule is CN=C(NCC(=O)NCc1ccco1)NC1CCN(c2cc(OC)cc(OC)c2)C1.I. The summed E-state index contributed by atoms with van der Waals surface area (Å²) in [6, 6.07) is 9.68. The number of furan rings is 1. The van der Waals surface area contributed by atoms with E-state index in [4.69, 9.17) is 13.9 Å². The highest BCUT2D eigenvalue weighted by atomic mass is 127. The standard InChI is InChI=1S/C21H29N5O4.HI/c1-22-21(24-13-20(27)23-12-17-5-4-8-30-17)25-15-6-7-26(14-15)16-9-18(28-2)11-19(10-16)29-3;/h4-5,8-11,15H,6-7,12-14H2,1-3H3,(H,23,27)(H2,22,24,25);1H. The number of carbonyl (C=O) groups excluding carboxylic acids is 1. The van der Waals surface area contributed by atoms with Crippen LogP contribution in [0.4, 0.5) is 5.69 Å². The van der Waals surface area contributed by atoms with Gasteiger partial charge in [-0.25, -0.2) is 0 Å². The Hall–Kier alpha value is -2.63. The average molecular weight is 543 g/mol. The minimum atomic E-state index is -0.133. The molecule has 1 aliphatic rings. The number of aliphatic imine (C=N–C) groups is 1. The number of hydrogen-bond donors (Lipinski definition) is 3. The maximum absolute atomic E-state index is 12.0. The summed E-state index contributed by atoms with van der Waals surface area (Å²) in [5.41, 5.74) is 1.05. The van der Waals surface area contributed by atoms with Crippen LogP contribution in [-0.2, 0) is 11.3 Å². The lowest BCUT2D eigenvalue weighted by Gasteiger charge is -2.21. The van der Waals surface area contributed by atoms with Crippen molar-refractivity contribution in [2.45, 2.75) is 19.0 Å². The van der Waals surface area contributed by atoms with E-state index in [1.165, 1.54) is 0 Å². The second kappa shape index (κ2) is 12.3. The molecule has 0 aliphatic carbocycles. The highest BCUT2D eigenvalue weighted by molar-refractivity contribution is 14.0. The molecule has 170 valence electrons. The van der Waals surface area contributed by atoms with E-state index in [-0.39, 0.29) is 42.5 Å². The van der Waals surface area contributed by atoms with Crippen molar-refractivity contribution < 1.29 is 18.7 Å². The van der Waals surface area contributed by atoms with Gasteiger partial charge in [-0.15, -0.1) is 24.0 Å². The zero-order valence-corrected chi connectivity index (χ0v) is 20.3. The molecule has 0 saturated carbocycles. The van der Waals surface area contributed by atoms with Crippen molar-refractivity contribution in [2.75, 3.05) is 45.8 Å². The van der Waals surface area contributed by atoms with Gasteiger partial charge in [0, 0.05) is 50.1 Å². The topological polar surface area (TPSA) is 100 Å². The molecule has 1 saturated heterocycles. The zero-order chi connectivity index (χ0) is 21.3.